The zero-order chi connectivity index (χ0) is 12.3. The molecule has 94 valence electrons. The van der Waals surface area contributed by atoms with Crippen LogP contribution in [0.25, 0.3) is 0 Å². The van der Waals surface area contributed by atoms with Gasteiger partial charge < -0.3 is 5.32 Å². The average molecular weight is 253 g/mol. The molecule has 0 aliphatic carbocycles. The SMILES string of the molecule is Cc1n[nH]c(C)c1NC(=O)CC1CCSCC1. The number of rotatable bonds is 3. The van der Waals surface area contributed by atoms with E-state index in [0.29, 0.717) is 12.3 Å². The van der Waals surface area contributed by atoms with Gasteiger partial charge in [0.2, 0.25) is 5.91 Å². The van der Waals surface area contributed by atoms with E-state index in [1.165, 1.54) is 24.3 Å². The first-order valence-corrected chi connectivity index (χ1v) is 7.21. The Kier molecular flexibility index (Phi) is 4.10. The highest BCUT2D eigenvalue weighted by Crippen LogP contribution is 2.26. The minimum atomic E-state index is 0.120. The van der Waals surface area contributed by atoms with E-state index in [0.717, 1.165) is 17.1 Å². The normalized spacial score (nSPS) is 17.1. The van der Waals surface area contributed by atoms with E-state index in [2.05, 4.69) is 15.5 Å². The number of amides is 1. The highest BCUT2D eigenvalue weighted by Gasteiger charge is 2.18. The van der Waals surface area contributed by atoms with Gasteiger partial charge in [-0.2, -0.15) is 16.9 Å². The summed E-state index contributed by atoms with van der Waals surface area (Å²) >= 11 is 1.99. The summed E-state index contributed by atoms with van der Waals surface area (Å²) in [5.41, 5.74) is 2.63. The van der Waals surface area contributed by atoms with Gasteiger partial charge in [0.25, 0.3) is 0 Å². The lowest BCUT2D eigenvalue weighted by Gasteiger charge is -2.20. The third kappa shape index (κ3) is 3.25. The summed E-state index contributed by atoms with van der Waals surface area (Å²) in [6.45, 7) is 3.82. The summed E-state index contributed by atoms with van der Waals surface area (Å²) in [5.74, 6) is 3.07. The van der Waals surface area contributed by atoms with E-state index in [1.54, 1.807) is 0 Å². The molecule has 1 amide bonds. The number of nitrogens with zero attached hydrogens (tertiary/aromatic N) is 1. The first kappa shape index (κ1) is 12.5. The van der Waals surface area contributed by atoms with Crippen molar-refractivity contribution in [3.8, 4) is 0 Å². The van der Waals surface area contributed by atoms with Crippen molar-refractivity contribution in [3.63, 3.8) is 0 Å². The molecule has 0 radical (unpaired) electrons. The molecule has 1 aromatic heterocycles. The van der Waals surface area contributed by atoms with Crippen LogP contribution in [-0.4, -0.2) is 27.6 Å². The van der Waals surface area contributed by atoms with Gasteiger partial charge >= 0.3 is 0 Å². The Bertz CT molecular complexity index is 377. The van der Waals surface area contributed by atoms with E-state index in [4.69, 9.17) is 0 Å². The van der Waals surface area contributed by atoms with E-state index in [1.807, 2.05) is 25.6 Å². The summed E-state index contributed by atoms with van der Waals surface area (Å²) < 4.78 is 0. The molecule has 5 heteroatoms. The Hall–Kier alpha value is -0.970. The highest BCUT2D eigenvalue weighted by molar-refractivity contribution is 7.99. The molecule has 1 aliphatic rings. The second-order valence-corrected chi connectivity index (χ2v) is 5.84. The van der Waals surface area contributed by atoms with Gasteiger partial charge in [-0.15, -0.1) is 0 Å². The number of aryl methyl sites for hydroxylation is 2. The molecular formula is C12H19N3OS. The maximum absolute atomic E-state index is 11.9. The van der Waals surface area contributed by atoms with Gasteiger partial charge in [-0.25, -0.2) is 0 Å². The summed E-state index contributed by atoms with van der Waals surface area (Å²) in [5, 5.41) is 9.92. The summed E-state index contributed by atoms with van der Waals surface area (Å²) in [6, 6.07) is 0. The van der Waals surface area contributed by atoms with Crippen LogP contribution in [-0.2, 0) is 4.79 Å². The molecule has 1 fully saturated rings. The van der Waals surface area contributed by atoms with E-state index >= 15 is 0 Å². The van der Waals surface area contributed by atoms with E-state index < -0.39 is 0 Å². The van der Waals surface area contributed by atoms with Crippen LogP contribution in [0, 0.1) is 19.8 Å². The fraction of sp³-hybridized carbons (Fsp3) is 0.667. The largest absolute Gasteiger partial charge is 0.323 e. The Balaban J connectivity index is 1.88. The fourth-order valence-corrected chi connectivity index (χ4v) is 3.34. The zero-order valence-electron chi connectivity index (χ0n) is 10.4. The predicted molar refractivity (Wildman–Crippen MR) is 71.4 cm³/mol. The molecule has 0 spiro atoms. The van der Waals surface area contributed by atoms with Crippen LogP contribution in [0.15, 0.2) is 0 Å². The standard InChI is InChI=1S/C12H19N3OS/c1-8-12(9(2)15-14-8)13-11(16)7-10-3-5-17-6-4-10/h10H,3-7H2,1-2H3,(H,13,16)(H,14,15). The van der Waals surface area contributed by atoms with Gasteiger partial charge in [-0.1, -0.05) is 0 Å². The molecule has 1 aliphatic heterocycles. The molecule has 0 atom stereocenters. The number of anilines is 1. The van der Waals surface area contributed by atoms with Crippen LogP contribution in [0.3, 0.4) is 0 Å². The smallest absolute Gasteiger partial charge is 0.224 e. The molecule has 4 nitrogen and oxygen atoms in total. The van der Waals surface area contributed by atoms with Crippen LogP contribution in [0.2, 0.25) is 0 Å². The Morgan fingerprint density at radius 3 is 2.76 bits per heavy atom. The molecular weight excluding hydrogens is 234 g/mol. The van der Waals surface area contributed by atoms with E-state index in [9.17, 15) is 4.79 Å². The number of H-pyrrole nitrogens is 1. The van der Waals surface area contributed by atoms with Crippen LogP contribution in [0.5, 0.6) is 0 Å². The molecule has 1 aromatic rings. The van der Waals surface area contributed by atoms with Crippen LogP contribution in [0.4, 0.5) is 5.69 Å². The van der Waals surface area contributed by atoms with Crippen LogP contribution < -0.4 is 5.32 Å². The van der Waals surface area contributed by atoms with Crippen molar-refractivity contribution in [2.24, 2.45) is 5.92 Å². The van der Waals surface area contributed by atoms with Crippen LogP contribution >= 0.6 is 11.8 Å². The second-order valence-electron chi connectivity index (χ2n) is 4.62. The average Bonchev–Trinajstić information content (AvgIpc) is 2.62. The molecule has 2 N–H and O–H groups in total. The monoisotopic (exact) mass is 253 g/mol. The van der Waals surface area contributed by atoms with Crippen molar-refractivity contribution in [2.45, 2.75) is 33.1 Å². The van der Waals surface area contributed by atoms with Gasteiger partial charge in [0.05, 0.1) is 17.1 Å². The van der Waals surface area contributed by atoms with Crippen molar-refractivity contribution >= 4 is 23.4 Å². The summed E-state index contributed by atoms with van der Waals surface area (Å²) in [4.78, 5) is 11.9. The molecule has 0 bridgehead atoms. The lowest BCUT2D eigenvalue weighted by Crippen LogP contribution is -2.20. The molecule has 17 heavy (non-hydrogen) atoms. The Labute approximate surface area is 106 Å². The molecule has 1 saturated heterocycles. The predicted octanol–water partition coefficient (Wildman–Crippen LogP) is 2.50. The molecule has 0 aromatic carbocycles. The van der Waals surface area contributed by atoms with Gasteiger partial charge in [0.15, 0.2) is 0 Å². The third-order valence-corrected chi connectivity index (χ3v) is 4.26. The number of aromatic amines is 1. The number of aromatic nitrogens is 2. The van der Waals surface area contributed by atoms with Crippen molar-refractivity contribution < 1.29 is 4.79 Å². The number of thioether (sulfide) groups is 1. The Morgan fingerprint density at radius 1 is 1.47 bits per heavy atom. The van der Waals surface area contributed by atoms with Crippen molar-refractivity contribution in [1.29, 1.82) is 0 Å². The van der Waals surface area contributed by atoms with Gasteiger partial charge in [0, 0.05) is 6.42 Å². The fourth-order valence-electron chi connectivity index (χ4n) is 2.14. The Morgan fingerprint density at radius 2 is 2.18 bits per heavy atom. The van der Waals surface area contributed by atoms with Crippen molar-refractivity contribution in [3.05, 3.63) is 11.4 Å². The number of hydrogen-bond acceptors (Lipinski definition) is 3. The van der Waals surface area contributed by atoms with Gasteiger partial charge in [-0.3, -0.25) is 9.89 Å². The molecule has 2 heterocycles. The second kappa shape index (κ2) is 5.58. The summed E-state index contributed by atoms with van der Waals surface area (Å²) in [6.07, 6.45) is 2.98. The van der Waals surface area contributed by atoms with E-state index in [-0.39, 0.29) is 5.91 Å². The van der Waals surface area contributed by atoms with Crippen LogP contribution in [0.1, 0.15) is 30.7 Å². The highest BCUT2D eigenvalue weighted by atomic mass is 32.2. The number of carbonyl (C=O) groups excluding carboxylic acids is 1. The molecule has 2 rings (SSSR count). The maximum atomic E-state index is 11.9. The van der Waals surface area contributed by atoms with Gasteiger partial charge in [-0.05, 0) is 44.1 Å². The minimum Gasteiger partial charge on any atom is -0.323 e. The zero-order valence-corrected chi connectivity index (χ0v) is 11.2. The molecule has 0 unspecified atom stereocenters. The number of nitrogens with one attached hydrogen (secondary N) is 2. The first-order valence-electron chi connectivity index (χ1n) is 6.06. The lowest BCUT2D eigenvalue weighted by atomic mass is 9.98. The lowest BCUT2D eigenvalue weighted by molar-refractivity contribution is -0.117. The number of hydrogen-bond donors (Lipinski definition) is 2. The number of carbonyl (C=O) groups is 1. The minimum absolute atomic E-state index is 0.120. The van der Waals surface area contributed by atoms with Gasteiger partial charge in [0.1, 0.15) is 0 Å². The quantitative estimate of drug-likeness (QED) is 0.870. The first-order chi connectivity index (χ1) is 8.16. The maximum Gasteiger partial charge on any atom is 0.224 e. The topological polar surface area (TPSA) is 57.8 Å². The summed E-state index contributed by atoms with van der Waals surface area (Å²) in [7, 11) is 0. The molecule has 0 saturated carbocycles. The van der Waals surface area contributed by atoms with Crippen molar-refractivity contribution in [2.75, 3.05) is 16.8 Å². The third-order valence-electron chi connectivity index (χ3n) is 3.21. The van der Waals surface area contributed by atoms with Crippen molar-refractivity contribution in [1.82, 2.24) is 10.2 Å².